The number of carbonyl (C=O) groups excluding carboxylic acids is 1. The van der Waals surface area contributed by atoms with Crippen molar-refractivity contribution in [3.8, 4) is 0 Å². The minimum absolute atomic E-state index is 0.0830. The van der Waals surface area contributed by atoms with Crippen LogP contribution in [0.4, 0.5) is 0 Å². The Morgan fingerprint density at radius 2 is 1.92 bits per heavy atom. The van der Waals surface area contributed by atoms with Crippen LogP contribution in [0.5, 0.6) is 0 Å². The third kappa shape index (κ3) is 4.39. The first-order chi connectivity index (χ1) is 6.02. The third-order valence-corrected chi connectivity index (χ3v) is 1.92. The van der Waals surface area contributed by atoms with Crippen LogP contribution in [0.1, 0.15) is 0 Å². The summed E-state index contributed by atoms with van der Waals surface area (Å²) >= 11 is 7.48. The van der Waals surface area contributed by atoms with Gasteiger partial charge in [-0.1, -0.05) is 0 Å². The molecule has 2 atom stereocenters. The largest absolute Gasteiger partial charge is 0.478 e. The van der Waals surface area contributed by atoms with Gasteiger partial charge in [-0.2, -0.15) is 25.3 Å². The summed E-state index contributed by atoms with van der Waals surface area (Å²) in [5.74, 6) is -2.00. The summed E-state index contributed by atoms with van der Waals surface area (Å²) in [6.07, 6.45) is -1.25. The summed E-state index contributed by atoms with van der Waals surface area (Å²) in [5, 5.41) is 8.49. The van der Waals surface area contributed by atoms with Crippen molar-refractivity contribution in [1.29, 1.82) is 0 Å². The van der Waals surface area contributed by atoms with Crippen LogP contribution in [-0.2, 0) is 14.3 Å². The van der Waals surface area contributed by atoms with Crippen LogP contribution in [-0.4, -0.2) is 40.7 Å². The number of nitrogens with two attached hydrogens (primary N) is 1. The van der Waals surface area contributed by atoms with Crippen molar-refractivity contribution in [2.45, 2.75) is 12.1 Å². The molecule has 0 spiro atoms. The molecule has 13 heavy (non-hydrogen) atoms. The minimum atomic E-state index is -1.25. The van der Waals surface area contributed by atoms with E-state index in [1.165, 1.54) is 0 Å². The Balaban J connectivity index is 4.09. The molecule has 0 aliphatic heterocycles. The molecule has 0 bridgehead atoms. The van der Waals surface area contributed by atoms with Crippen LogP contribution in [0.2, 0.25) is 0 Å². The summed E-state index contributed by atoms with van der Waals surface area (Å²) in [6, 6.07) is -0.898. The van der Waals surface area contributed by atoms with Gasteiger partial charge in [-0.15, -0.1) is 0 Å². The number of carbonyl (C=O) groups is 2. The molecule has 0 aromatic rings. The van der Waals surface area contributed by atoms with Crippen molar-refractivity contribution >= 4 is 37.2 Å². The lowest BCUT2D eigenvalue weighted by Crippen LogP contribution is -2.39. The Kier molecular flexibility index (Phi) is 5.93. The standard InChI is InChI=1S/C6H11NO4S2/c7-3(1-12)6(10)11-4(2-13)5(8)9/h3-4,12-13H,1-2,7H2,(H,8,9)/t3-,4?/m0/s1. The highest BCUT2D eigenvalue weighted by Crippen LogP contribution is 1.98. The van der Waals surface area contributed by atoms with Gasteiger partial charge in [0.1, 0.15) is 6.04 Å². The molecular weight excluding hydrogens is 214 g/mol. The zero-order valence-electron chi connectivity index (χ0n) is 6.71. The van der Waals surface area contributed by atoms with Crippen LogP contribution in [0.15, 0.2) is 0 Å². The number of hydrogen-bond donors (Lipinski definition) is 4. The highest BCUT2D eigenvalue weighted by atomic mass is 32.1. The Labute approximate surface area is 86.4 Å². The number of esters is 1. The quantitative estimate of drug-likeness (QED) is 0.362. The van der Waals surface area contributed by atoms with Crippen molar-refractivity contribution < 1.29 is 19.4 Å². The van der Waals surface area contributed by atoms with Gasteiger partial charge in [0.25, 0.3) is 0 Å². The summed E-state index contributed by atoms with van der Waals surface area (Å²) < 4.78 is 4.53. The van der Waals surface area contributed by atoms with Gasteiger partial charge >= 0.3 is 11.9 Å². The topological polar surface area (TPSA) is 89.6 Å². The van der Waals surface area contributed by atoms with Crippen molar-refractivity contribution in [3.05, 3.63) is 0 Å². The smallest absolute Gasteiger partial charge is 0.345 e. The SMILES string of the molecule is N[C@@H](CS)C(=O)OC(CS)C(=O)O. The van der Waals surface area contributed by atoms with E-state index in [9.17, 15) is 9.59 Å². The average molecular weight is 225 g/mol. The molecule has 0 radical (unpaired) electrons. The molecule has 5 nitrogen and oxygen atoms in total. The molecule has 0 rings (SSSR count). The molecule has 0 heterocycles. The Morgan fingerprint density at radius 3 is 2.23 bits per heavy atom. The molecule has 0 aromatic heterocycles. The fourth-order valence-electron chi connectivity index (χ4n) is 0.468. The van der Waals surface area contributed by atoms with Crippen LogP contribution >= 0.6 is 25.3 Å². The second-order valence-corrected chi connectivity index (χ2v) is 2.97. The van der Waals surface area contributed by atoms with Crippen LogP contribution < -0.4 is 5.73 Å². The number of rotatable bonds is 5. The Hall–Kier alpha value is -0.400. The maximum absolute atomic E-state index is 11.0. The van der Waals surface area contributed by atoms with Crippen molar-refractivity contribution in [2.24, 2.45) is 5.73 Å². The zero-order valence-corrected chi connectivity index (χ0v) is 8.50. The molecule has 0 fully saturated rings. The predicted molar refractivity (Wildman–Crippen MR) is 53.2 cm³/mol. The predicted octanol–water partition coefficient (Wildman–Crippen LogP) is -0.830. The molecule has 0 saturated heterocycles. The first kappa shape index (κ1) is 12.6. The maximum atomic E-state index is 11.0. The minimum Gasteiger partial charge on any atom is -0.478 e. The lowest BCUT2D eigenvalue weighted by Gasteiger charge is -2.13. The van der Waals surface area contributed by atoms with E-state index in [1.807, 2.05) is 0 Å². The number of ether oxygens (including phenoxy) is 1. The van der Waals surface area contributed by atoms with E-state index in [-0.39, 0.29) is 11.5 Å². The van der Waals surface area contributed by atoms with E-state index in [4.69, 9.17) is 10.8 Å². The third-order valence-electron chi connectivity index (χ3n) is 1.20. The molecule has 76 valence electrons. The van der Waals surface area contributed by atoms with Gasteiger partial charge in [-0.25, -0.2) is 4.79 Å². The number of thiol groups is 2. The van der Waals surface area contributed by atoms with Crippen molar-refractivity contribution in [1.82, 2.24) is 0 Å². The summed E-state index contributed by atoms with van der Waals surface area (Å²) in [6.45, 7) is 0. The summed E-state index contributed by atoms with van der Waals surface area (Å²) in [7, 11) is 0. The highest BCUT2D eigenvalue weighted by Gasteiger charge is 2.23. The first-order valence-corrected chi connectivity index (χ1v) is 4.70. The molecule has 3 N–H and O–H groups in total. The second-order valence-electron chi connectivity index (χ2n) is 2.24. The maximum Gasteiger partial charge on any atom is 0.345 e. The van der Waals surface area contributed by atoms with E-state index >= 15 is 0 Å². The zero-order chi connectivity index (χ0) is 10.4. The lowest BCUT2D eigenvalue weighted by atomic mass is 10.3. The number of aliphatic carboxylic acids is 1. The van der Waals surface area contributed by atoms with Gasteiger partial charge in [-0.05, 0) is 0 Å². The van der Waals surface area contributed by atoms with Gasteiger partial charge in [-0.3, -0.25) is 4.79 Å². The lowest BCUT2D eigenvalue weighted by molar-refractivity contribution is -0.162. The molecule has 0 saturated carbocycles. The second kappa shape index (κ2) is 6.11. The Morgan fingerprint density at radius 1 is 1.38 bits per heavy atom. The average Bonchev–Trinajstić information content (AvgIpc) is 2.11. The molecular formula is C6H11NO4S2. The Bertz CT molecular complexity index is 199. The van der Waals surface area contributed by atoms with Crippen LogP contribution in [0.25, 0.3) is 0 Å². The number of carboxylic acid groups (broad SMARTS) is 1. The van der Waals surface area contributed by atoms with E-state index < -0.39 is 24.1 Å². The molecule has 0 aliphatic rings. The monoisotopic (exact) mass is 225 g/mol. The highest BCUT2D eigenvalue weighted by molar-refractivity contribution is 7.80. The number of hydrogen-bond acceptors (Lipinski definition) is 6. The van der Waals surface area contributed by atoms with Gasteiger partial charge < -0.3 is 15.6 Å². The van der Waals surface area contributed by atoms with Crippen LogP contribution in [0.3, 0.4) is 0 Å². The molecule has 0 aliphatic carbocycles. The fraction of sp³-hybridized carbons (Fsp3) is 0.667. The summed E-state index contributed by atoms with van der Waals surface area (Å²) in [5.41, 5.74) is 5.25. The summed E-state index contributed by atoms with van der Waals surface area (Å²) in [4.78, 5) is 21.3. The first-order valence-electron chi connectivity index (χ1n) is 3.43. The molecule has 0 amide bonds. The van der Waals surface area contributed by atoms with Crippen molar-refractivity contribution in [3.63, 3.8) is 0 Å². The van der Waals surface area contributed by atoms with Gasteiger partial charge in [0.2, 0.25) is 6.10 Å². The van der Waals surface area contributed by atoms with Gasteiger partial charge in [0.15, 0.2) is 0 Å². The van der Waals surface area contributed by atoms with Crippen LogP contribution in [0, 0.1) is 0 Å². The normalized spacial score (nSPS) is 14.7. The molecule has 7 heteroatoms. The molecule has 0 aromatic carbocycles. The van der Waals surface area contributed by atoms with Gasteiger partial charge in [0.05, 0.1) is 0 Å². The number of carboxylic acids is 1. The van der Waals surface area contributed by atoms with E-state index in [0.29, 0.717) is 0 Å². The fourth-order valence-corrected chi connectivity index (χ4v) is 0.848. The van der Waals surface area contributed by atoms with Gasteiger partial charge in [0, 0.05) is 11.5 Å². The van der Waals surface area contributed by atoms with E-state index in [2.05, 4.69) is 30.0 Å². The van der Waals surface area contributed by atoms with E-state index in [0.717, 1.165) is 0 Å². The van der Waals surface area contributed by atoms with E-state index in [1.54, 1.807) is 0 Å². The van der Waals surface area contributed by atoms with Crippen molar-refractivity contribution in [2.75, 3.05) is 11.5 Å². The molecule has 1 unspecified atom stereocenters.